The van der Waals surface area contributed by atoms with Gasteiger partial charge in [-0.25, -0.2) is 9.37 Å². The van der Waals surface area contributed by atoms with Crippen LogP contribution < -0.4 is 4.84 Å². The van der Waals surface area contributed by atoms with Crippen molar-refractivity contribution in [1.29, 1.82) is 0 Å². The average molecular weight is 323 g/mol. The van der Waals surface area contributed by atoms with Crippen LogP contribution >= 0.6 is 0 Å². The molecular weight excluding hydrogens is 317 g/mol. The first-order chi connectivity index (χ1) is 10.2. The zero-order chi connectivity index (χ0) is 16.5. The van der Waals surface area contributed by atoms with Crippen LogP contribution in [0.1, 0.15) is 11.3 Å². The summed E-state index contributed by atoms with van der Waals surface area (Å²) in [5.74, 6) is -2.58. The lowest BCUT2D eigenvalue weighted by molar-refractivity contribution is -0.387. The minimum absolute atomic E-state index is 0.465. The minimum atomic E-state index is -4.70. The molecule has 0 aliphatic heterocycles. The highest BCUT2D eigenvalue weighted by molar-refractivity contribution is 5.37. The van der Waals surface area contributed by atoms with Crippen LogP contribution in [0.15, 0.2) is 24.7 Å². The van der Waals surface area contributed by atoms with Gasteiger partial charge < -0.3 is 4.84 Å². The second kappa shape index (κ2) is 5.58. The Morgan fingerprint density at radius 2 is 2.00 bits per heavy atom. The van der Waals surface area contributed by atoms with E-state index in [1.165, 1.54) is 0 Å². The highest BCUT2D eigenvalue weighted by atomic mass is 19.4. The van der Waals surface area contributed by atoms with E-state index in [1.807, 2.05) is 0 Å². The number of hydrogen-bond acceptors (Lipinski definition) is 4. The third-order valence-electron chi connectivity index (χ3n) is 2.57. The number of hydrogen-bond donors (Lipinski definition) is 0. The van der Waals surface area contributed by atoms with E-state index >= 15 is 0 Å². The molecule has 2 aromatic rings. The summed E-state index contributed by atoms with van der Waals surface area (Å²) in [6.45, 7) is -0.854. The van der Waals surface area contributed by atoms with Gasteiger partial charge in [0.25, 0.3) is 0 Å². The zero-order valence-electron chi connectivity index (χ0n) is 10.5. The second-order valence-electron chi connectivity index (χ2n) is 4.01. The number of halogens is 5. The summed E-state index contributed by atoms with van der Waals surface area (Å²) in [5.41, 5.74) is -3.01. The molecule has 0 fully saturated rings. The molecule has 0 aliphatic carbocycles. The van der Waals surface area contributed by atoms with Gasteiger partial charge >= 0.3 is 11.9 Å². The SMILES string of the molecule is O=[N+]([O-])c1ccc(F)c(COn2cnc(C(F)(F)F)c2)c1F. The maximum Gasteiger partial charge on any atom is 0.435 e. The number of nitro groups is 1. The first-order valence-corrected chi connectivity index (χ1v) is 5.56. The fourth-order valence-corrected chi connectivity index (χ4v) is 1.52. The summed E-state index contributed by atoms with van der Waals surface area (Å²) in [5, 5.41) is 10.5. The summed E-state index contributed by atoms with van der Waals surface area (Å²) in [6.07, 6.45) is -3.58. The van der Waals surface area contributed by atoms with E-state index in [2.05, 4.69) is 4.98 Å². The molecule has 2 rings (SSSR count). The molecule has 0 atom stereocenters. The largest absolute Gasteiger partial charge is 0.435 e. The predicted molar refractivity (Wildman–Crippen MR) is 60.5 cm³/mol. The predicted octanol–water partition coefficient (Wildman–Crippen LogP) is 2.72. The lowest BCUT2D eigenvalue weighted by atomic mass is 10.2. The molecule has 0 saturated carbocycles. The van der Waals surface area contributed by atoms with Crippen molar-refractivity contribution < 1.29 is 31.7 Å². The Kier molecular flexibility index (Phi) is 3.97. The van der Waals surface area contributed by atoms with Crippen LogP contribution in [0.3, 0.4) is 0 Å². The van der Waals surface area contributed by atoms with Crippen LogP contribution in [0.25, 0.3) is 0 Å². The fourth-order valence-electron chi connectivity index (χ4n) is 1.52. The maximum atomic E-state index is 13.7. The van der Waals surface area contributed by atoms with Gasteiger partial charge in [0.2, 0.25) is 5.82 Å². The van der Waals surface area contributed by atoms with Crippen molar-refractivity contribution in [2.75, 3.05) is 0 Å². The molecule has 1 heterocycles. The number of nitro benzene ring substituents is 1. The van der Waals surface area contributed by atoms with Crippen molar-refractivity contribution >= 4 is 5.69 Å². The van der Waals surface area contributed by atoms with E-state index in [0.29, 0.717) is 29.4 Å². The Balaban J connectivity index is 2.20. The fraction of sp³-hybridized carbons (Fsp3) is 0.182. The normalized spacial score (nSPS) is 11.5. The molecule has 0 saturated heterocycles. The van der Waals surface area contributed by atoms with Crippen molar-refractivity contribution in [1.82, 2.24) is 9.71 Å². The lowest BCUT2D eigenvalue weighted by Crippen LogP contribution is -2.13. The summed E-state index contributed by atoms with van der Waals surface area (Å²) < 4.78 is 64.6. The van der Waals surface area contributed by atoms with Gasteiger partial charge in [0.1, 0.15) is 18.8 Å². The van der Waals surface area contributed by atoms with E-state index in [9.17, 15) is 32.1 Å². The monoisotopic (exact) mass is 323 g/mol. The van der Waals surface area contributed by atoms with Gasteiger partial charge in [-0.1, -0.05) is 0 Å². The summed E-state index contributed by atoms with van der Waals surface area (Å²) in [7, 11) is 0. The molecule has 118 valence electrons. The molecule has 0 spiro atoms. The maximum absolute atomic E-state index is 13.7. The Hall–Kier alpha value is -2.72. The van der Waals surface area contributed by atoms with Gasteiger partial charge in [-0.3, -0.25) is 10.1 Å². The number of imidazole rings is 1. The van der Waals surface area contributed by atoms with Crippen molar-refractivity contribution in [3.63, 3.8) is 0 Å². The van der Waals surface area contributed by atoms with Gasteiger partial charge in [0.05, 0.1) is 16.7 Å². The van der Waals surface area contributed by atoms with Gasteiger partial charge in [-0.15, -0.1) is 0 Å². The third-order valence-corrected chi connectivity index (χ3v) is 2.57. The van der Waals surface area contributed by atoms with E-state index in [0.717, 1.165) is 0 Å². The molecule has 0 N–H and O–H groups in total. The molecule has 1 aromatic heterocycles. The zero-order valence-corrected chi connectivity index (χ0v) is 10.5. The van der Waals surface area contributed by atoms with Gasteiger partial charge in [-0.2, -0.15) is 22.3 Å². The standard InChI is InChI=1S/C11H6F5N3O3/c12-7-1-2-8(19(20)21)10(13)6(7)4-22-18-3-9(17-5-18)11(14,15)16/h1-3,5H,4H2. The van der Waals surface area contributed by atoms with Gasteiger partial charge in [-0.05, 0) is 6.07 Å². The Bertz CT molecular complexity index is 713. The molecule has 0 aliphatic rings. The number of rotatable bonds is 4. The number of nitrogens with zero attached hydrogens (tertiary/aromatic N) is 3. The van der Waals surface area contributed by atoms with Crippen molar-refractivity contribution in [3.8, 4) is 0 Å². The summed E-state index contributed by atoms with van der Waals surface area (Å²) >= 11 is 0. The Morgan fingerprint density at radius 3 is 2.55 bits per heavy atom. The van der Waals surface area contributed by atoms with Crippen LogP contribution in [-0.4, -0.2) is 14.6 Å². The first kappa shape index (κ1) is 15.7. The van der Waals surface area contributed by atoms with Gasteiger partial charge in [0.15, 0.2) is 5.69 Å². The molecule has 1 aromatic carbocycles. The van der Waals surface area contributed by atoms with Crippen molar-refractivity contribution in [2.24, 2.45) is 0 Å². The Labute approximate surface area is 118 Å². The quantitative estimate of drug-likeness (QED) is 0.493. The van der Waals surface area contributed by atoms with E-state index in [4.69, 9.17) is 4.84 Å². The Morgan fingerprint density at radius 1 is 1.32 bits per heavy atom. The highest BCUT2D eigenvalue weighted by Crippen LogP contribution is 2.27. The summed E-state index contributed by atoms with van der Waals surface area (Å²) in [6, 6.07) is 1.29. The molecule has 6 nitrogen and oxygen atoms in total. The molecular formula is C11H6F5N3O3. The molecule has 0 bridgehead atoms. The van der Waals surface area contributed by atoms with Crippen LogP contribution in [0.4, 0.5) is 27.6 Å². The molecule has 0 unspecified atom stereocenters. The number of alkyl halides is 3. The topological polar surface area (TPSA) is 70.2 Å². The molecule has 0 radical (unpaired) electrons. The first-order valence-electron chi connectivity index (χ1n) is 5.56. The highest BCUT2D eigenvalue weighted by Gasteiger charge is 2.33. The van der Waals surface area contributed by atoms with Crippen molar-refractivity contribution in [3.05, 3.63) is 57.7 Å². The second-order valence-corrected chi connectivity index (χ2v) is 4.01. The van der Waals surface area contributed by atoms with E-state index in [1.54, 1.807) is 0 Å². The smallest absolute Gasteiger partial charge is 0.408 e. The van der Waals surface area contributed by atoms with Crippen molar-refractivity contribution in [2.45, 2.75) is 12.8 Å². The van der Waals surface area contributed by atoms with Crippen LogP contribution in [0.2, 0.25) is 0 Å². The average Bonchev–Trinajstić information content (AvgIpc) is 2.86. The lowest BCUT2D eigenvalue weighted by Gasteiger charge is -2.08. The number of aromatic nitrogens is 2. The van der Waals surface area contributed by atoms with Crippen LogP contribution in [0.5, 0.6) is 0 Å². The van der Waals surface area contributed by atoms with E-state index in [-0.39, 0.29) is 0 Å². The van der Waals surface area contributed by atoms with E-state index < -0.39 is 46.3 Å². The summed E-state index contributed by atoms with van der Waals surface area (Å²) in [4.78, 5) is 17.2. The third kappa shape index (κ3) is 3.13. The van der Waals surface area contributed by atoms with Gasteiger partial charge in [0, 0.05) is 6.07 Å². The molecule has 22 heavy (non-hydrogen) atoms. The minimum Gasteiger partial charge on any atom is -0.408 e. The number of benzene rings is 1. The molecule has 0 amide bonds. The van der Waals surface area contributed by atoms with Crippen LogP contribution in [-0.2, 0) is 12.8 Å². The molecule has 11 heteroatoms. The van der Waals surface area contributed by atoms with Crippen LogP contribution in [0, 0.1) is 21.7 Å².